The van der Waals surface area contributed by atoms with Crippen molar-refractivity contribution in [2.24, 2.45) is 0 Å². The van der Waals surface area contributed by atoms with Crippen molar-refractivity contribution in [3.05, 3.63) is 23.8 Å². The predicted molar refractivity (Wildman–Crippen MR) is 102 cm³/mol. The van der Waals surface area contributed by atoms with E-state index in [0.29, 0.717) is 19.1 Å². The molecule has 2 aliphatic rings. The van der Waals surface area contributed by atoms with Crippen molar-refractivity contribution in [3.63, 3.8) is 0 Å². The molecule has 3 rings (SSSR count). The van der Waals surface area contributed by atoms with Gasteiger partial charge < -0.3 is 9.47 Å². The summed E-state index contributed by atoms with van der Waals surface area (Å²) < 4.78 is 11.6. The molecular formula is C21H33NO4. The highest BCUT2D eigenvalue weighted by Gasteiger charge is 2.50. The maximum atomic E-state index is 6.03. The van der Waals surface area contributed by atoms with Crippen molar-refractivity contribution < 1.29 is 19.1 Å². The van der Waals surface area contributed by atoms with E-state index in [1.165, 1.54) is 18.4 Å². The molecule has 0 radical (unpaired) electrons. The van der Waals surface area contributed by atoms with Crippen LogP contribution in [0.3, 0.4) is 0 Å². The maximum absolute atomic E-state index is 6.03. The Kier molecular flexibility index (Phi) is 5.80. The van der Waals surface area contributed by atoms with Gasteiger partial charge in [-0.05, 0) is 76.6 Å². The van der Waals surface area contributed by atoms with Gasteiger partial charge >= 0.3 is 0 Å². The molecule has 26 heavy (non-hydrogen) atoms. The zero-order chi connectivity index (χ0) is 18.8. The number of ether oxygens (including phenoxy) is 2. The van der Waals surface area contributed by atoms with Gasteiger partial charge in [-0.25, -0.2) is 9.68 Å². The lowest BCUT2D eigenvalue weighted by Gasteiger charge is -2.26. The topological polar surface area (TPSA) is 40.2 Å². The van der Waals surface area contributed by atoms with Crippen molar-refractivity contribution in [3.8, 4) is 5.75 Å². The molecule has 0 bridgehead atoms. The standard InChI is InChI=1S/C21H33NO4/c1-6-7-12-23-13-14-24-19-11-10-17(15-18(19)16-8-9-16)22-25-20(2,3)21(4,5)26-22/h10-11,15-16H,6-9,12-14H2,1-5H3. The van der Waals surface area contributed by atoms with Gasteiger partial charge in [0.15, 0.2) is 0 Å². The molecule has 5 heteroatoms. The second-order valence-corrected chi connectivity index (χ2v) is 8.27. The van der Waals surface area contributed by atoms with Crippen LogP contribution in [0.5, 0.6) is 5.75 Å². The van der Waals surface area contributed by atoms with Crippen LogP contribution in [0.2, 0.25) is 0 Å². The number of hydrogen-bond donors (Lipinski definition) is 0. The molecule has 0 aromatic heterocycles. The largest absolute Gasteiger partial charge is 0.491 e. The second-order valence-electron chi connectivity index (χ2n) is 8.27. The molecule has 0 unspecified atom stereocenters. The van der Waals surface area contributed by atoms with Crippen LogP contribution in [0.1, 0.15) is 71.8 Å². The Morgan fingerprint density at radius 1 is 1.04 bits per heavy atom. The van der Waals surface area contributed by atoms with E-state index in [0.717, 1.165) is 30.9 Å². The van der Waals surface area contributed by atoms with E-state index in [2.05, 4.69) is 13.0 Å². The Balaban J connectivity index is 1.64. The fourth-order valence-electron chi connectivity index (χ4n) is 2.81. The van der Waals surface area contributed by atoms with Crippen LogP contribution in [-0.2, 0) is 14.4 Å². The molecule has 1 saturated carbocycles. The van der Waals surface area contributed by atoms with Crippen molar-refractivity contribution in [2.75, 3.05) is 25.0 Å². The number of anilines is 1. The van der Waals surface area contributed by atoms with Crippen LogP contribution in [0.4, 0.5) is 5.69 Å². The molecule has 5 nitrogen and oxygen atoms in total. The van der Waals surface area contributed by atoms with Crippen LogP contribution in [0, 0.1) is 0 Å². The summed E-state index contributed by atoms with van der Waals surface area (Å²) in [6, 6.07) is 6.17. The van der Waals surface area contributed by atoms with E-state index in [1.54, 1.807) is 5.23 Å². The van der Waals surface area contributed by atoms with Crippen LogP contribution >= 0.6 is 0 Å². The molecule has 1 aromatic carbocycles. The summed E-state index contributed by atoms with van der Waals surface area (Å²) in [5.74, 6) is 1.53. The lowest BCUT2D eigenvalue weighted by Crippen LogP contribution is -2.41. The number of unbranched alkanes of at least 4 members (excludes halogenated alkanes) is 1. The third-order valence-electron chi connectivity index (χ3n) is 5.42. The molecule has 1 aliphatic heterocycles. The highest BCUT2D eigenvalue weighted by molar-refractivity contribution is 5.53. The van der Waals surface area contributed by atoms with E-state index in [-0.39, 0.29) is 0 Å². The minimum Gasteiger partial charge on any atom is -0.491 e. The lowest BCUT2D eigenvalue weighted by atomic mass is 9.90. The Morgan fingerprint density at radius 2 is 1.73 bits per heavy atom. The summed E-state index contributed by atoms with van der Waals surface area (Å²) in [7, 11) is 0. The van der Waals surface area contributed by atoms with Crippen LogP contribution < -0.4 is 9.96 Å². The van der Waals surface area contributed by atoms with Crippen LogP contribution in [-0.4, -0.2) is 31.0 Å². The Hall–Kier alpha value is -1.30. The first-order chi connectivity index (χ1) is 12.3. The highest BCUT2D eigenvalue weighted by Crippen LogP contribution is 2.47. The average Bonchev–Trinajstić information content (AvgIpc) is 3.38. The van der Waals surface area contributed by atoms with Crippen molar-refractivity contribution in [2.45, 2.75) is 77.4 Å². The maximum Gasteiger partial charge on any atom is 0.124 e. The Bertz CT molecular complexity index is 594. The number of nitrogens with zero attached hydrogens (tertiary/aromatic N) is 1. The van der Waals surface area contributed by atoms with Gasteiger partial charge in [0.25, 0.3) is 0 Å². The molecule has 0 N–H and O–H groups in total. The van der Waals surface area contributed by atoms with E-state index < -0.39 is 11.2 Å². The van der Waals surface area contributed by atoms with Gasteiger partial charge in [0.05, 0.1) is 12.3 Å². The third kappa shape index (κ3) is 4.33. The van der Waals surface area contributed by atoms with Gasteiger partial charge in [-0.2, -0.15) is 0 Å². The zero-order valence-electron chi connectivity index (χ0n) is 16.8. The van der Waals surface area contributed by atoms with Gasteiger partial charge in [0.1, 0.15) is 23.6 Å². The van der Waals surface area contributed by atoms with Gasteiger partial charge in [-0.3, -0.25) is 0 Å². The fourth-order valence-corrected chi connectivity index (χ4v) is 2.81. The zero-order valence-corrected chi connectivity index (χ0v) is 16.8. The molecule has 1 aliphatic carbocycles. The summed E-state index contributed by atoms with van der Waals surface area (Å²) in [5, 5.41) is 1.56. The first-order valence-electron chi connectivity index (χ1n) is 9.87. The van der Waals surface area contributed by atoms with Gasteiger partial charge in [-0.1, -0.05) is 13.3 Å². The summed E-state index contributed by atoms with van der Waals surface area (Å²) in [6.07, 6.45) is 4.68. The first kappa shape index (κ1) is 19.5. The van der Waals surface area contributed by atoms with E-state index in [1.807, 2.05) is 39.8 Å². The summed E-state index contributed by atoms with van der Waals surface area (Å²) in [5.41, 5.74) is 1.37. The molecule has 0 spiro atoms. The molecule has 0 amide bonds. The van der Waals surface area contributed by atoms with Crippen molar-refractivity contribution >= 4 is 5.69 Å². The van der Waals surface area contributed by atoms with E-state index in [4.69, 9.17) is 19.1 Å². The molecule has 2 fully saturated rings. The smallest absolute Gasteiger partial charge is 0.124 e. The molecular weight excluding hydrogens is 330 g/mol. The number of benzene rings is 1. The van der Waals surface area contributed by atoms with Crippen LogP contribution in [0.25, 0.3) is 0 Å². The average molecular weight is 363 g/mol. The van der Waals surface area contributed by atoms with E-state index in [9.17, 15) is 0 Å². The number of hydrogen-bond acceptors (Lipinski definition) is 5. The van der Waals surface area contributed by atoms with Crippen molar-refractivity contribution in [1.29, 1.82) is 0 Å². The summed E-state index contributed by atoms with van der Waals surface area (Å²) in [6.45, 7) is 12.4. The lowest BCUT2D eigenvalue weighted by molar-refractivity contribution is -0.0273. The normalized spacial score (nSPS) is 21.2. The summed E-state index contributed by atoms with van der Waals surface area (Å²) in [4.78, 5) is 12.1. The first-order valence-corrected chi connectivity index (χ1v) is 9.87. The van der Waals surface area contributed by atoms with E-state index >= 15 is 0 Å². The molecule has 1 heterocycles. The predicted octanol–water partition coefficient (Wildman–Crippen LogP) is 5.00. The molecule has 1 saturated heterocycles. The number of rotatable bonds is 9. The Morgan fingerprint density at radius 3 is 2.35 bits per heavy atom. The minimum absolute atomic E-state index is 0.391. The van der Waals surface area contributed by atoms with Gasteiger partial charge in [-0.15, -0.1) is 5.23 Å². The fraction of sp³-hybridized carbons (Fsp3) is 0.714. The van der Waals surface area contributed by atoms with Gasteiger partial charge in [0.2, 0.25) is 0 Å². The third-order valence-corrected chi connectivity index (χ3v) is 5.42. The highest BCUT2D eigenvalue weighted by atomic mass is 17.0. The SMILES string of the molecule is CCCCOCCOc1ccc(N2OC(C)(C)C(C)(C)O2)cc1C1CC1. The molecule has 1 aromatic rings. The second kappa shape index (κ2) is 7.75. The minimum atomic E-state index is -0.391. The monoisotopic (exact) mass is 363 g/mol. The van der Waals surface area contributed by atoms with Gasteiger partial charge in [0, 0.05) is 6.61 Å². The van der Waals surface area contributed by atoms with Crippen LogP contribution in [0.15, 0.2) is 18.2 Å². The molecule has 0 atom stereocenters. The Labute approximate surface area is 157 Å². The summed E-state index contributed by atoms with van der Waals surface area (Å²) >= 11 is 0. The quantitative estimate of drug-likeness (QED) is 0.577. The van der Waals surface area contributed by atoms with Crippen molar-refractivity contribution in [1.82, 2.24) is 0 Å². The molecule has 146 valence electrons.